The van der Waals surface area contributed by atoms with E-state index in [4.69, 9.17) is 23.7 Å². The van der Waals surface area contributed by atoms with Crippen molar-refractivity contribution >= 4 is 23.8 Å². The summed E-state index contributed by atoms with van der Waals surface area (Å²) in [6, 6.07) is 9.52. The molecule has 1 N–H and O–H groups in total. The van der Waals surface area contributed by atoms with E-state index in [0.717, 1.165) is 5.56 Å². The van der Waals surface area contributed by atoms with Crippen molar-refractivity contribution in [3.63, 3.8) is 0 Å². The molecule has 0 bridgehead atoms. The van der Waals surface area contributed by atoms with Gasteiger partial charge in [0.25, 0.3) is 5.91 Å². The number of benzene rings is 1. The lowest BCUT2D eigenvalue weighted by molar-refractivity contribution is -0.152. The van der Waals surface area contributed by atoms with E-state index in [2.05, 4.69) is 10.3 Å². The molecule has 1 aliphatic heterocycles. The number of nitrogens with one attached hydrogen (secondary N) is 1. The van der Waals surface area contributed by atoms with E-state index < -0.39 is 55.3 Å². The molecule has 2 heterocycles. The minimum absolute atomic E-state index is 0.0931. The fraction of sp³-hybridized carbons (Fsp3) is 0.385. The first-order valence-electron chi connectivity index (χ1n) is 11.7. The minimum Gasteiger partial charge on any atom is -0.493 e. The lowest BCUT2D eigenvalue weighted by Gasteiger charge is -2.19. The van der Waals surface area contributed by atoms with Crippen molar-refractivity contribution in [2.45, 2.75) is 38.8 Å². The average Bonchev–Trinajstić information content (AvgIpc) is 2.94. The van der Waals surface area contributed by atoms with Gasteiger partial charge in [-0.25, -0.2) is 9.78 Å². The van der Waals surface area contributed by atoms with Gasteiger partial charge in [0, 0.05) is 25.1 Å². The molecular weight excluding hydrogens is 484 g/mol. The van der Waals surface area contributed by atoms with E-state index in [1.54, 1.807) is 20.3 Å². The highest BCUT2D eigenvalue weighted by atomic mass is 16.7. The molecule has 1 aromatic carbocycles. The zero-order valence-electron chi connectivity index (χ0n) is 20.8. The predicted molar refractivity (Wildman–Crippen MR) is 128 cm³/mol. The maximum Gasteiger partial charge on any atom is 0.332 e. The third-order valence-corrected chi connectivity index (χ3v) is 5.40. The first kappa shape index (κ1) is 27.4. The third kappa shape index (κ3) is 7.66. The number of pyridine rings is 1. The average molecular weight is 514 g/mol. The van der Waals surface area contributed by atoms with Crippen molar-refractivity contribution < 1.29 is 42.9 Å². The molecule has 1 aliphatic rings. The lowest BCUT2D eigenvalue weighted by atomic mass is 9.94. The molecule has 2 aromatic rings. The number of aromatic nitrogens is 1. The SMILES string of the molecule is CCC(=O)OCOc1c(OC)ccnc1C(=O)NC1COC(=O)[C@H](Cc2ccccc2)[CH][C@H](C)OC1=O. The normalized spacial score (nSPS) is 19.8. The van der Waals surface area contributed by atoms with Crippen LogP contribution < -0.4 is 14.8 Å². The summed E-state index contributed by atoms with van der Waals surface area (Å²) in [5.74, 6) is -3.23. The Morgan fingerprint density at radius 1 is 1.14 bits per heavy atom. The van der Waals surface area contributed by atoms with E-state index in [0.29, 0.717) is 6.42 Å². The van der Waals surface area contributed by atoms with Crippen molar-refractivity contribution in [1.29, 1.82) is 0 Å². The number of carbonyl (C=O) groups is 4. The topological polar surface area (TPSA) is 139 Å². The Morgan fingerprint density at radius 2 is 1.89 bits per heavy atom. The second-order valence-electron chi connectivity index (χ2n) is 8.11. The molecule has 3 rings (SSSR count). The molecule has 1 radical (unpaired) electrons. The Bertz CT molecular complexity index is 1110. The van der Waals surface area contributed by atoms with Crippen LogP contribution in [0.3, 0.4) is 0 Å². The molecular formula is C26H29N2O9. The predicted octanol–water partition coefficient (Wildman–Crippen LogP) is 2.03. The van der Waals surface area contributed by atoms with Crippen LogP contribution in [0.1, 0.15) is 36.3 Å². The Labute approximate surface area is 214 Å². The van der Waals surface area contributed by atoms with Gasteiger partial charge in [-0.2, -0.15) is 0 Å². The van der Waals surface area contributed by atoms with Crippen molar-refractivity contribution in [3.8, 4) is 11.5 Å². The fourth-order valence-corrected chi connectivity index (χ4v) is 3.55. The van der Waals surface area contributed by atoms with Gasteiger partial charge in [0.15, 0.2) is 23.2 Å². The molecule has 1 aromatic heterocycles. The van der Waals surface area contributed by atoms with Crippen LogP contribution in [0.2, 0.25) is 0 Å². The van der Waals surface area contributed by atoms with Crippen molar-refractivity contribution in [1.82, 2.24) is 10.3 Å². The van der Waals surface area contributed by atoms with Crippen LogP contribution in [-0.2, 0) is 35.0 Å². The van der Waals surface area contributed by atoms with Gasteiger partial charge in [-0.15, -0.1) is 0 Å². The zero-order valence-corrected chi connectivity index (χ0v) is 20.8. The second-order valence-corrected chi connectivity index (χ2v) is 8.11. The minimum atomic E-state index is -1.30. The van der Waals surface area contributed by atoms with Crippen LogP contribution in [0.15, 0.2) is 42.6 Å². The first-order chi connectivity index (χ1) is 17.8. The van der Waals surface area contributed by atoms with Gasteiger partial charge in [-0.1, -0.05) is 37.3 Å². The first-order valence-corrected chi connectivity index (χ1v) is 11.7. The number of amides is 1. The van der Waals surface area contributed by atoms with Crippen LogP contribution in [0.25, 0.3) is 0 Å². The summed E-state index contributed by atoms with van der Waals surface area (Å²) in [6.45, 7) is 2.33. The largest absolute Gasteiger partial charge is 0.493 e. The standard InChI is InChI=1S/C26H29N2O9/c1-4-21(29)35-15-36-23-20(33-3)10-11-27-22(23)24(30)28-19-14-34-25(31)18(12-16(2)37-26(19)32)13-17-8-6-5-7-9-17/h5-12,16,18-19H,4,13-15H2,1-3H3,(H,28,30)/t16-,18-,19?/m0/s1. The number of hydrogen-bond acceptors (Lipinski definition) is 10. The van der Waals surface area contributed by atoms with Gasteiger partial charge >= 0.3 is 17.9 Å². The second kappa shape index (κ2) is 13.2. The van der Waals surface area contributed by atoms with E-state index in [-0.39, 0.29) is 23.6 Å². The summed E-state index contributed by atoms with van der Waals surface area (Å²) in [6.07, 6.45) is 2.71. The maximum absolute atomic E-state index is 13.1. The summed E-state index contributed by atoms with van der Waals surface area (Å²) in [4.78, 5) is 54.1. The highest BCUT2D eigenvalue weighted by molar-refractivity contribution is 5.98. The number of esters is 3. The summed E-state index contributed by atoms with van der Waals surface area (Å²) in [5.41, 5.74) is 0.692. The summed E-state index contributed by atoms with van der Waals surface area (Å²) >= 11 is 0. The van der Waals surface area contributed by atoms with E-state index in [1.807, 2.05) is 30.3 Å². The van der Waals surface area contributed by atoms with Gasteiger partial charge in [0.05, 0.1) is 13.0 Å². The Balaban J connectivity index is 1.73. The third-order valence-electron chi connectivity index (χ3n) is 5.40. The highest BCUT2D eigenvalue weighted by Gasteiger charge is 2.34. The Kier molecular flexibility index (Phi) is 9.82. The van der Waals surface area contributed by atoms with Gasteiger partial charge < -0.3 is 29.0 Å². The van der Waals surface area contributed by atoms with Crippen molar-refractivity contribution in [2.75, 3.05) is 20.5 Å². The fourth-order valence-electron chi connectivity index (χ4n) is 3.55. The molecule has 3 atom stereocenters. The number of rotatable bonds is 9. The van der Waals surface area contributed by atoms with Crippen LogP contribution in [0.4, 0.5) is 0 Å². The van der Waals surface area contributed by atoms with Crippen molar-refractivity contribution in [3.05, 3.63) is 60.3 Å². The molecule has 0 spiro atoms. The molecule has 11 nitrogen and oxygen atoms in total. The molecule has 37 heavy (non-hydrogen) atoms. The monoisotopic (exact) mass is 513 g/mol. The number of carbonyl (C=O) groups excluding carboxylic acids is 4. The molecule has 1 fully saturated rings. The van der Waals surface area contributed by atoms with Crippen molar-refractivity contribution in [2.24, 2.45) is 5.92 Å². The quantitative estimate of drug-likeness (QED) is 0.301. The van der Waals surface area contributed by atoms with Gasteiger partial charge in [-0.3, -0.25) is 14.4 Å². The van der Waals surface area contributed by atoms with E-state index in [9.17, 15) is 19.2 Å². The molecule has 0 saturated carbocycles. The van der Waals surface area contributed by atoms with Crippen LogP contribution in [0, 0.1) is 12.3 Å². The molecule has 197 valence electrons. The van der Waals surface area contributed by atoms with E-state index >= 15 is 0 Å². The Morgan fingerprint density at radius 3 is 2.59 bits per heavy atom. The summed E-state index contributed by atoms with van der Waals surface area (Å²) in [7, 11) is 1.36. The van der Waals surface area contributed by atoms with Crippen LogP contribution in [-0.4, -0.2) is 61.5 Å². The van der Waals surface area contributed by atoms with Gasteiger partial charge in [-0.05, 0) is 18.9 Å². The lowest BCUT2D eigenvalue weighted by Crippen LogP contribution is -2.46. The van der Waals surface area contributed by atoms with Crippen LogP contribution in [0.5, 0.6) is 11.5 Å². The smallest absolute Gasteiger partial charge is 0.332 e. The molecule has 1 saturated heterocycles. The molecule has 1 amide bonds. The zero-order chi connectivity index (χ0) is 26.8. The molecule has 1 unspecified atom stereocenters. The molecule has 11 heteroatoms. The number of ether oxygens (including phenoxy) is 5. The molecule has 0 aliphatic carbocycles. The van der Waals surface area contributed by atoms with Gasteiger partial charge in [0.1, 0.15) is 12.7 Å². The van der Waals surface area contributed by atoms with Gasteiger partial charge in [0.2, 0.25) is 6.79 Å². The number of methoxy groups -OCH3 is 1. The maximum atomic E-state index is 13.1. The van der Waals surface area contributed by atoms with Crippen LogP contribution >= 0.6 is 0 Å². The van der Waals surface area contributed by atoms with E-state index in [1.165, 1.54) is 19.4 Å². The summed E-state index contributed by atoms with van der Waals surface area (Å²) < 4.78 is 26.4. The summed E-state index contributed by atoms with van der Waals surface area (Å²) in [5, 5.41) is 2.48. The number of cyclic esters (lactones) is 2. The number of hydrogen-bond donors (Lipinski definition) is 1. The Hall–Kier alpha value is -4.15. The number of nitrogens with zero attached hydrogens (tertiary/aromatic N) is 1. The highest BCUT2D eigenvalue weighted by Crippen LogP contribution is 2.29.